The second-order valence-corrected chi connectivity index (χ2v) is 2.41. The van der Waals surface area contributed by atoms with Gasteiger partial charge >= 0.3 is 0 Å². The van der Waals surface area contributed by atoms with Gasteiger partial charge < -0.3 is 0 Å². The van der Waals surface area contributed by atoms with Crippen LogP contribution < -0.4 is 0 Å². The molecule has 0 aliphatic rings. The summed E-state index contributed by atoms with van der Waals surface area (Å²) in [5.74, 6) is 0.391. The topological polar surface area (TPSA) is 80.4 Å². The molecule has 0 amide bonds. The molecule has 0 aliphatic carbocycles. The lowest BCUT2D eigenvalue weighted by atomic mass is 10.4. The Hall–Kier alpha value is -1.90. The quantitative estimate of drug-likeness (QED) is 0.558. The van der Waals surface area contributed by atoms with Crippen LogP contribution >= 0.6 is 0 Å². The number of nitrogens with one attached hydrogen (secondary N) is 1. The van der Waals surface area contributed by atoms with Gasteiger partial charge in [0.1, 0.15) is 11.6 Å². The van der Waals surface area contributed by atoms with Gasteiger partial charge in [-0.3, -0.25) is 10.1 Å². The van der Waals surface area contributed by atoms with Gasteiger partial charge in [0.2, 0.25) is 0 Å². The van der Waals surface area contributed by atoms with Gasteiger partial charge in [0, 0.05) is 13.6 Å². The van der Waals surface area contributed by atoms with E-state index in [9.17, 15) is 0 Å². The lowest BCUT2D eigenvalue weighted by Crippen LogP contribution is -2.07. The van der Waals surface area contributed by atoms with Gasteiger partial charge in [0.25, 0.3) is 0 Å². The average Bonchev–Trinajstić information content (AvgIpc) is 2.61. The predicted octanol–water partition coefficient (Wildman–Crippen LogP) is 1.23. The van der Waals surface area contributed by atoms with Crippen molar-refractivity contribution in [1.29, 1.82) is 5.26 Å². The molecular weight excluding hydrogens is 168 g/mol. The van der Waals surface area contributed by atoms with Crippen LogP contribution in [0, 0.1) is 11.3 Å². The van der Waals surface area contributed by atoms with E-state index in [1.54, 1.807) is 12.1 Å². The standard InChI is InChI=1S/C7H10N6/c1-3-13(2)12-11-7-6(4-8)5-9-10-7/h5H,3H2,1-2H3,(H,9,10). The highest BCUT2D eigenvalue weighted by molar-refractivity contribution is 5.44. The normalized spacial score (nSPS) is 10.2. The Kier molecular flexibility index (Phi) is 2.97. The third kappa shape index (κ3) is 2.27. The molecule has 0 aliphatic heterocycles. The number of aromatic nitrogens is 2. The maximum absolute atomic E-state index is 8.60. The summed E-state index contributed by atoms with van der Waals surface area (Å²) in [6.07, 6.45) is 1.42. The Bertz CT molecular complexity index is 333. The van der Waals surface area contributed by atoms with E-state index in [4.69, 9.17) is 5.26 Å². The minimum Gasteiger partial charge on any atom is -0.282 e. The maximum Gasteiger partial charge on any atom is 0.190 e. The molecule has 1 rings (SSSR count). The molecule has 0 spiro atoms. The molecule has 0 aromatic carbocycles. The number of H-pyrrole nitrogens is 1. The molecule has 68 valence electrons. The predicted molar refractivity (Wildman–Crippen MR) is 46.1 cm³/mol. The molecule has 13 heavy (non-hydrogen) atoms. The average molecular weight is 178 g/mol. The third-order valence-electron chi connectivity index (χ3n) is 1.49. The SMILES string of the molecule is CCN(C)N=Nc1[nH]ncc1C#N. The summed E-state index contributed by atoms with van der Waals surface area (Å²) in [7, 11) is 1.80. The lowest BCUT2D eigenvalue weighted by molar-refractivity contribution is 0.350. The van der Waals surface area contributed by atoms with Gasteiger partial charge in [-0.1, -0.05) is 5.22 Å². The van der Waals surface area contributed by atoms with Crippen LogP contribution in [0.4, 0.5) is 5.82 Å². The highest BCUT2D eigenvalue weighted by atomic mass is 15.5. The van der Waals surface area contributed by atoms with Crippen LogP contribution in [-0.2, 0) is 0 Å². The van der Waals surface area contributed by atoms with Gasteiger partial charge in [-0.05, 0) is 6.92 Å². The molecule has 1 aromatic rings. The molecular formula is C7H10N6. The summed E-state index contributed by atoms with van der Waals surface area (Å²) in [5, 5.41) is 24.2. The summed E-state index contributed by atoms with van der Waals surface area (Å²) in [6, 6.07) is 1.95. The molecule has 0 fully saturated rings. The Balaban J connectivity index is 2.75. The number of rotatable bonds is 3. The summed E-state index contributed by atoms with van der Waals surface area (Å²) >= 11 is 0. The van der Waals surface area contributed by atoms with Crippen LogP contribution in [0.5, 0.6) is 0 Å². The monoisotopic (exact) mass is 178 g/mol. The number of nitrogens with zero attached hydrogens (tertiary/aromatic N) is 5. The first-order valence-corrected chi connectivity index (χ1v) is 3.84. The van der Waals surface area contributed by atoms with Crippen molar-refractivity contribution in [3.63, 3.8) is 0 Å². The van der Waals surface area contributed by atoms with Crippen molar-refractivity contribution in [1.82, 2.24) is 15.2 Å². The van der Waals surface area contributed by atoms with E-state index in [0.717, 1.165) is 6.54 Å². The summed E-state index contributed by atoms with van der Waals surface area (Å²) in [6.45, 7) is 2.72. The third-order valence-corrected chi connectivity index (χ3v) is 1.49. The first-order chi connectivity index (χ1) is 6.27. The van der Waals surface area contributed by atoms with Crippen LogP contribution in [0.2, 0.25) is 0 Å². The van der Waals surface area contributed by atoms with Crippen molar-refractivity contribution >= 4 is 5.82 Å². The molecule has 0 saturated carbocycles. The fraction of sp³-hybridized carbons (Fsp3) is 0.429. The van der Waals surface area contributed by atoms with E-state index < -0.39 is 0 Å². The molecule has 0 radical (unpaired) electrons. The molecule has 1 N–H and O–H groups in total. The van der Waals surface area contributed by atoms with Gasteiger partial charge in [-0.15, -0.1) is 5.11 Å². The Morgan fingerprint density at radius 1 is 1.77 bits per heavy atom. The number of nitriles is 1. The largest absolute Gasteiger partial charge is 0.282 e. The molecule has 6 heteroatoms. The minimum absolute atomic E-state index is 0.391. The van der Waals surface area contributed by atoms with E-state index in [1.165, 1.54) is 6.20 Å². The van der Waals surface area contributed by atoms with E-state index in [0.29, 0.717) is 11.4 Å². The fourth-order valence-electron chi connectivity index (χ4n) is 0.622. The van der Waals surface area contributed by atoms with E-state index in [-0.39, 0.29) is 0 Å². The highest BCUT2D eigenvalue weighted by Gasteiger charge is 2.01. The zero-order valence-electron chi connectivity index (χ0n) is 7.52. The minimum atomic E-state index is 0.391. The summed E-state index contributed by atoms with van der Waals surface area (Å²) in [4.78, 5) is 0. The number of hydrogen-bond donors (Lipinski definition) is 1. The Morgan fingerprint density at radius 3 is 3.15 bits per heavy atom. The van der Waals surface area contributed by atoms with Crippen molar-refractivity contribution in [2.45, 2.75) is 6.92 Å². The van der Waals surface area contributed by atoms with Gasteiger partial charge in [0.15, 0.2) is 5.82 Å². The lowest BCUT2D eigenvalue weighted by Gasteiger charge is -2.04. The number of hydrogen-bond acceptors (Lipinski definition) is 4. The Labute approximate surface area is 75.9 Å². The summed E-state index contributed by atoms with van der Waals surface area (Å²) < 4.78 is 0. The molecule has 6 nitrogen and oxygen atoms in total. The first kappa shape index (κ1) is 9.19. The smallest absolute Gasteiger partial charge is 0.190 e. The zero-order valence-corrected chi connectivity index (χ0v) is 7.52. The van der Waals surface area contributed by atoms with Crippen LogP contribution in [0.25, 0.3) is 0 Å². The fourth-order valence-corrected chi connectivity index (χ4v) is 0.622. The van der Waals surface area contributed by atoms with Crippen LogP contribution in [0.3, 0.4) is 0 Å². The first-order valence-electron chi connectivity index (χ1n) is 3.84. The molecule has 0 atom stereocenters. The van der Waals surface area contributed by atoms with E-state index >= 15 is 0 Å². The molecule has 0 saturated heterocycles. The van der Waals surface area contributed by atoms with Crippen molar-refractivity contribution in [2.24, 2.45) is 10.3 Å². The van der Waals surface area contributed by atoms with Gasteiger partial charge in [-0.2, -0.15) is 10.4 Å². The maximum atomic E-state index is 8.60. The molecule has 0 unspecified atom stereocenters. The zero-order chi connectivity index (χ0) is 9.68. The van der Waals surface area contributed by atoms with E-state index in [1.807, 2.05) is 13.0 Å². The van der Waals surface area contributed by atoms with Crippen molar-refractivity contribution < 1.29 is 0 Å². The van der Waals surface area contributed by atoms with Gasteiger partial charge in [0.05, 0.1) is 6.20 Å². The molecule has 1 aromatic heterocycles. The van der Waals surface area contributed by atoms with Crippen molar-refractivity contribution in [3.8, 4) is 6.07 Å². The molecule has 1 heterocycles. The summed E-state index contributed by atoms with van der Waals surface area (Å²) in [5.41, 5.74) is 0.397. The van der Waals surface area contributed by atoms with Crippen LogP contribution in [0.1, 0.15) is 12.5 Å². The number of aromatic amines is 1. The van der Waals surface area contributed by atoms with Crippen molar-refractivity contribution in [3.05, 3.63) is 11.8 Å². The van der Waals surface area contributed by atoms with Crippen LogP contribution in [0.15, 0.2) is 16.5 Å². The van der Waals surface area contributed by atoms with Gasteiger partial charge in [-0.25, -0.2) is 0 Å². The molecule has 0 bridgehead atoms. The Morgan fingerprint density at radius 2 is 2.54 bits per heavy atom. The van der Waals surface area contributed by atoms with Crippen molar-refractivity contribution in [2.75, 3.05) is 13.6 Å². The van der Waals surface area contributed by atoms with Crippen LogP contribution in [-0.4, -0.2) is 28.8 Å². The highest BCUT2D eigenvalue weighted by Crippen LogP contribution is 2.13. The second kappa shape index (κ2) is 4.21. The second-order valence-electron chi connectivity index (χ2n) is 2.41. The van der Waals surface area contributed by atoms with E-state index in [2.05, 4.69) is 20.5 Å².